The summed E-state index contributed by atoms with van der Waals surface area (Å²) in [4.78, 5) is 18.8. The zero-order chi connectivity index (χ0) is 10.6. The molecule has 0 bridgehead atoms. The lowest BCUT2D eigenvalue weighted by Gasteiger charge is -2.05. The van der Waals surface area contributed by atoms with Gasteiger partial charge in [-0.05, 0) is 6.92 Å². The first-order chi connectivity index (χ1) is 6.59. The SMILES string of the molecule is CC(O)CNC(=O)c1cnc(Cl)cn1. The highest BCUT2D eigenvalue weighted by molar-refractivity contribution is 6.29. The van der Waals surface area contributed by atoms with E-state index in [2.05, 4.69) is 15.3 Å². The third kappa shape index (κ3) is 3.27. The third-order valence-corrected chi connectivity index (χ3v) is 1.61. The molecule has 1 aromatic heterocycles. The Morgan fingerprint density at radius 2 is 2.36 bits per heavy atom. The van der Waals surface area contributed by atoms with Crippen molar-refractivity contribution in [2.45, 2.75) is 13.0 Å². The number of carbonyl (C=O) groups excluding carboxylic acids is 1. The molecule has 1 amide bonds. The van der Waals surface area contributed by atoms with Gasteiger partial charge in [-0.1, -0.05) is 11.6 Å². The summed E-state index contributed by atoms with van der Waals surface area (Å²) in [5.74, 6) is -0.380. The Morgan fingerprint density at radius 1 is 1.64 bits per heavy atom. The molecule has 14 heavy (non-hydrogen) atoms. The second-order valence-corrected chi connectivity index (χ2v) is 3.17. The fourth-order valence-corrected chi connectivity index (χ4v) is 0.858. The van der Waals surface area contributed by atoms with Crippen molar-refractivity contribution in [1.29, 1.82) is 0 Å². The number of hydrogen-bond donors (Lipinski definition) is 2. The van der Waals surface area contributed by atoms with E-state index in [1.807, 2.05) is 0 Å². The van der Waals surface area contributed by atoms with Crippen molar-refractivity contribution in [1.82, 2.24) is 15.3 Å². The molecule has 6 heteroatoms. The van der Waals surface area contributed by atoms with E-state index in [9.17, 15) is 4.79 Å². The van der Waals surface area contributed by atoms with Gasteiger partial charge in [0.1, 0.15) is 10.8 Å². The van der Waals surface area contributed by atoms with Crippen molar-refractivity contribution in [3.05, 3.63) is 23.2 Å². The molecule has 0 aliphatic heterocycles. The maximum absolute atomic E-state index is 11.3. The monoisotopic (exact) mass is 215 g/mol. The second kappa shape index (κ2) is 4.88. The number of nitrogens with one attached hydrogen (secondary N) is 1. The Hall–Kier alpha value is -1.20. The molecule has 0 saturated carbocycles. The molecule has 0 spiro atoms. The van der Waals surface area contributed by atoms with Crippen LogP contribution in [0.1, 0.15) is 17.4 Å². The topological polar surface area (TPSA) is 75.1 Å². The van der Waals surface area contributed by atoms with Crippen LogP contribution in [0.25, 0.3) is 0 Å². The molecule has 0 fully saturated rings. The van der Waals surface area contributed by atoms with Gasteiger partial charge in [0.05, 0.1) is 18.5 Å². The number of nitrogens with zero attached hydrogens (tertiary/aromatic N) is 2. The highest BCUT2D eigenvalue weighted by atomic mass is 35.5. The summed E-state index contributed by atoms with van der Waals surface area (Å²) in [6.45, 7) is 1.76. The number of aromatic nitrogens is 2. The van der Waals surface area contributed by atoms with Gasteiger partial charge in [-0.2, -0.15) is 0 Å². The second-order valence-electron chi connectivity index (χ2n) is 2.78. The van der Waals surface area contributed by atoms with E-state index in [1.165, 1.54) is 12.4 Å². The third-order valence-electron chi connectivity index (χ3n) is 1.41. The van der Waals surface area contributed by atoms with Crippen molar-refractivity contribution < 1.29 is 9.90 Å². The summed E-state index contributed by atoms with van der Waals surface area (Å²) in [6.07, 6.45) is 1.98. The van der Waals surface area contributed by atoms with Crippen LogP contribution in [-0.2, 0) is 0 Å². The minimum Gasteiger partial charge on any atom is -0.392 e. The molecule has 0 aliphatic rings. The Balaban J connectivity index is 2.57. The van der Waals surface area contributed by atoms with Crippen LogP contribution in [0.3, 0.4) is 0 Å². The standard InChI is InChI=1S/C8H10ClN3O2/c1-5(13)2-12-8(14)6-3-11-7(9)4-10-6/h3-5,13H,2H2,1H3,(H,12,14). The fraction of sp³-hybridized carbons (Fsp3) is 0.375. The molecule has 0 radical (unpaired) electrons. The summed E-state index contributed by atoms with van der Waals surface area (Å²) in [7, 11) is 0. The van der Waals surface area contributed by atoms with Crippen LogP contribution in [-0.4, -0.2) is 33.6 Å². The normalized spacial score (nSPS) is 12.2. The smallest absolute Gasteiger partial charge is 0.271 e. The Bertz CT molecular complexity index is 313. The van der Waals surface area contributed by atoms with Crippen LogP contribution in [0, 0.1) is 0 Å². The molecule has 76 valence electrons. The van der Waals surface area contributed by atoms with Gasteiger partial charge < -0.3 is 10.4 Å². The molecular formula is C8H10ClN3O2. The molecule has 0 aliphatic carbocycles. The Kier molecular flexibility index (Phi) is 3.79. The predicted molar refractivity (Wildman–Crippen MR) is 51.1 cm³/mol. The summed E-state index contributed by atoms with van der Waals surface area (Å²) >= 11 is 5.50. The highest BCUT2D eigenvalue weighted by Crippen LogP contribution is 2.00. The lowest BCUT2D eigenvalue weighted by molar-refractivity contribution is 0.0918. The van der Waals surface area contributed by atoms with Crippen molar-refractivity contribution in [3.63, 3.8) is 0 Å². The first kappa shape index (κ1) is 10.9. The van der Waals surface area contributed by atoms with Gasteiger partial charge in [0, 0.05) is 6.54 Å². The van der Waals surface area contributed by atoms with Crippen molar-refractivity contribution in [2.75, 3.05) is 6.54 Å². The van der Waals surface area contributed by atoms with Crippen molar-refractivity contribution >= 4 is 17.5 Å². The summed E-state index contributed by atoms with van der Waals surface area (Å²) < 4.78 is 0. The van der Waals surface area contributed by atoms with E-state index in [-0.39, 0.29) is 23.3 Å². The van der Waals surface area contributed by atoms with Crippen molar-refractivity contribution in [2.24, 2.45) is 0 Å². The van der Waals surface area contributed by atoms with Crippen LogP contribution in [0.2, 0.25) is 5.15 Å². The molecule has 5 nitrogen and oxygen atoms in total. The van der Waals surface area contributed by atoms with Gasteiger partial charge in [0.25, 0.3) is 5.91 Å². The number of carbonyl (C=O) groups is 1. The zero-order valence-electron chi connectivity index (χ0n) is 7.57. The first-order valence-corrected chi connectivity index (χ1v) is 4.41. The molecule has 1 atom stereocenters. The van der Waals surface area contributed by atoms with E-state index < -0.39 is 6.10 Å². The largest absolute Gasteiger partial charge is 0.392 e. The lowest BCUT2D eigenvalue weighted by atomic mass is 10.3. The fourth-order valence-electron chi connectivity index (χ4n) is 0.760. The van der Waals surface area contributed by atoms with E-state index >= 15 is 0 Å². The number of amides is 1. The zero-order valence-corrected chi connectivity index (χ0v) is 8.32. The van der Waals surface area contributed by atoms with Gasteiger partial charge in [-0.3, -0.25) is 4.79 Å². The maximum atomic E-state index is 11.3. The molecule has 2 N–H and O–H groups in total. The van der Waals surface area contributed by atoms with Crippen LogP contribution >= 0.6 is 11.6 Å². The Labute approximate surface area is 86.1 Å². The minimum absolute atomic E-state index is 0.176. The molecule has 0 saturated heterocycles. The van der Waals surface area contributed by atoms with E-state index in [4.69, 9.17) is 16.7 Å². The predicted octanol–water partition coefficient (Wildman–Crippen LogP) is 0.241. The maximum Gasteiger partial charge on any atom is 0.271 e. The summed E-state index contributed by atoms with van der Waals surface area (Å²) in [5, 5.41) is 11.6. The van der Waals surface area contributed by atoms with Crippen LogP contribution < -0.4 is 5.32 Å². The first-order valence-electron chi connectivity index (χ1n) is 4.03. The highest BCUT2D eigenvalue weighted by Gasteiger charge is 2.07. The molecule has 1 rings (SSSR count). The average Bonchev–Trinajstić information content (AvgIpc) is 2.15. The van der Waals surface area contributed by atoms with Gasteiger partial charge in [0.15, 0.2) is 0 Å². The minimum atomic E-state index is -0.584. The molecule has 0 aromatic carbocycles. The summed E-state index contributed by atoms with van der Waals surface area (Å²) in [6, 6.07) is 0. The van der Waals surface area contributed by atoms with Gasteiger partial charge in [0.2, 0.25) is 0 Å². The lowest BCUT2D eigenvalue weighted by Crippen LogP contribution is -2.31. The van der Waals surface area contributed by atoms with Crippen molar-refractivity contribution in [3.8, 4) is 0 Å². The van der Waals surface area contributed by atoms with Gasteiger partial charge >= 0.3 is 0 Å². The van der Waals surface area contributed by atoms with Crippen LogP contribution in [0.15, 0.2) is 12.4 Å². The molecule has 1 heterocycles. The van der Waals surface area contributed by atoms with Crippen LogP contribution in [0.4, 0.5) is 0 Å². The van der Waals surface area contributed by atoms with E-state index in [0.29, 0.717) is 0 Å². The number of aliphatic hydroxyl groups excluding tert-OH is 1. The van der Waals surface area contributed by atoms with Gasteiger partial charge in [-0.15, -0.1) is 0 Å². The molecular weight excluding hydrogens is 206 g/mol. The molecule has 1 unspecified atom stereocenters. The quantitative estimate of drug-likeness (QED) is 0.758. The summed E-state index contributed by atoms with van der Waals surface area (Å²) in [5.41, 5.74) is 0.176. The number of rotatable bonds is 3. The Morgan fingerprint density at radius 3 is 2.86 bits per heavy atom. The number of hydrogen-bond acceptors (Lipinski definition) is 4. The van der Waals surface area contributed by atoms with Gasteiger partial charge in [-0.25, -0.2) is 9.97 Å². The van der Waals surface area contributed by atoms with E-state index in [1.54, 1.807) is 6.92 Å². The number of aliphatic hydroxyl groups is 1. The van der Waals surface area contributed by atoms with Crippen LogP contribution in [0.5, 0.6) is 0 Å². The number of halogens is 1. The average molecular weight is 216 g/mol. The van der Waals surface area contributed by atoms with E-state index in [0.717, 1.165) is 0 Å². The molecule has 1 aromatic rings.